The van der Waals surface area contributed by atoms with E-state index in [2.05, 4.69) is 80.8 Å². The lowest BCUT2D eigenvalue weighted by Gasteiger charge is -2.14. The zero-order valence-corrected chi connectivity index (χ0v) is 14.7. The summed E-state index contributed by atoms with van der Waals surface area (Å²) in [6.07, 6.45) is 0. The summed E-state index contributed by atoms with van der Waals surface area (Å²) >= 11 is 0. The van der Waals surface area contributed by atoms with Crippen LogP contribution in [-0.4, -0.2) is 10.3 Å². The number of nitrogens with zero attached hydrogens (tertiary/aromatic N) is 1. The van der Waals surface area contributed by atoms with Crippen LogP contribution in [0.1, 0.15) is 37.5 Å². The highest BCUT2D eigenvalue weighted by Crippen LogP contribution is 2.39. The first-order valence-corrected chi connectivity index (χ1v) is 7.27. The van der Waals surface area contributed by atoms with Crippen LogP contribution in [0, 0.1) is 6.92 Å². The second-order valence-corrected chi connectivity index (χ2v) is 6.30. The standard InChI is InChI=1S/C19H22N.BrH/c1-14-9-11-16(12-10-14)13-20-15(2)19(3,4)17-7-5-6-8-18(17)20;/h5-12H,13H2,1-4H3;1H/q+1;/p-1. The van der Waals surface area contributed by atoms with E-state index in [0.717, 1.165) is 6.54 Å². The monoisotopic (exact) mass is 343 g/mol. The minimum Gasteiger partial charge on any atom is -1.00 e. The van der Waals surface area contributed by atoms with E-state index in [1.165, 1.54) is 28.1 Å². The van der Waals surface area contributed by atoms with Crippen molar-refractivity contribution in [2.75, 3.05) is 0 Å². The molecule has 0 bridgehead atoms. The van der Waals surface area contributed by atoms with Crippen LogP contribution < -0.4 is 17.0 Å². The summed E-state index contributed by atoms with van der Waals surface area (Å²) < 4.78 is 2.46. The van der Waals surface area contributed by atoms with Crippen LogP contribution >= 0.6 is 0 Å². The zero-order chi connectivity index (χ0) is 14.3. The molecule has 3 rings (SSSR count). The number of fused-ring (bicyclic) bond motifs is 1. The third-order valence-electron chi connectivity index (χ3n) is 4.64. The molecule has 0 aromatic heterocycles. The maximum absolute atomic E-state index is 2.46. The zero-order valence-electron chi connectivity index (χ0n) is 13.2. The van der Waals surface area contributed by atoms with Gasteiger partial charge in [-0.1, -0.05) is 48.0 Å². The molecule has 2 heteroatoms. The van der Waals surface area contributed by atoms with Gasteiger partial charge in [-0.15, -0.1) is 0 Å². The van der Waals surface area contributed by atoms with Gasteiger partial charge in [0.05, 0.1) is 5.41 Å². The Labute approximate surface area is 138 Å². The Bertz CT molecular complexity index is 681. The first-order valence-electron chi connectivity index (χ1n) is 7.27. The van der Waals surface area contributed by atoms with Gasteiger partial charge in [-0.2, -0.15) is 4.58 Å². The fraction of sp³-hybridized carbons (Fsp3) is 0.316. The molecule has 0 aliphatic carbocycles. The number of halogens is 1. The Hall–Kier alpha value is -1.41. The van der Waals surface area contributed by atoms with E-state index in [1.807, 2.05) is 0 Å². The Kier molecular flexibility index (Phi) is 4.38. The van der Waals surface area contributed by atoms with Gasteiger partial charge in [0, 0.05) is 24.1 Å². The largest absolute Gasteiger partial charge is 1.00 e. The van der Waals surface area contributed by atoms with Gasteiger partial charge in [0.2, 0.25) is 5.69 Å². The number of aryl methyl sites for hydroxylation is 1. The fourth-order valence-corrected chi connectivity index (χ4v) is 3.03. The molecule has 0 fully saturated rings. The molecular weight excluding hydrogens is 322 g/mol. The molecule has 0 amide bonds. The van der Waals surface area contributed by atoms with E-state index in [0.29, 0.717) is 0 Å². The second kappa shape index (κ2) is 5.76. The van der Waals surface area contributed by atoms with Gasteiger partial charge in [-0.25, -0.2) is 0 Å². The third-order valence-corrected chi connectivity index (χ3v) is 4.64. The average Bonchev–Trinajstić information content (AvgIpc) is 2.63. The first kappa shape index (κ1) is 16.0. The van der Waals surface area contributed by atoms with Crippen LogP contribution in [0.25, 0.3) is 0 Å². The SMILES string of the molecule is CC1=[N+](Cc2ccc(C)cc2)c2ccccc2C1(C)C.[Br-]. The van der Waals surface area contributed by atoms with Gasteiger partial charge < -0.3 is 17.0 Å². The molecule has 0 radical (unpaired) electrons. The molecule has 0 N–H and O–H groups in total. The minimum absolute atomic E-state index is 0. The van der Waals surface area contributed by atoms with Crippen molar-refractivity contribution in [3.63, 3.8) is 0 Å². The number of benzene rings is 2. The molecule has 1 nitrogen and oxygen atoms in total. The van der Waals surface area contributed by atoms with E-state index in [9.17, 15) is 0 Å². The van der Waals surface area contributed by atoms with Gasteiger partial charge in [-0.3, -0.25) is 0 Å². The fourth-order valence-electron chi connectivity index (χ4n) is 3.03. The Morgan fingerprint density at radius 3 is 2.19 bits per heavy atom. The van der Waals surface area contributed by atoms with Gasteiger partial charge in [0.1, 0.15) is 0 Å². The van der Waals surface area contributed by atoms with Crippen molar-refractivity contribution >= 4 is 11.4 Å². The second-order valence-electron chi connectivity index (χ2n) is 6.30. The first-order chi connectivity index (χ1) is 9.50. The summed E-state index contributed by atoms with van der Waals surface area (Å²) in [6, 6.07) is 17.6. The molecule has 1 aliphatic rings. The highest BCUT2D eigenvalue weighted by Gasteiger charge is 2.42. The quantitative estimate of drug-likeness (QED) is 0.728. The van der Waals surface area contributed by atoms with E-state index in [4.69, 9.17) is 0 Å². The number of hydrogen-bond donors (Lipinski definition) is 0. The predicted molar refractivity (Wildman–Crippen MR) is 85.0 cm³/mol. The normalized spacial score (nSPS) is 15.6. The Morgan fingerprint density at radius 2 is 1.52 bits per heavy atom. The van der Waals surface area contributed by atoms with Crippen LogP contribution in [0.2, 0.25) is 0 Å². The van der Waals surface area contributed by atoms with E-state index < -0.39 is 0 Å². The van der Waals surface area contributed by atoms with Crippen LogP contribution in [-0.2, 0) is 12.0 Å². The van der Waals surface area contributed by atoms with Crippen LogP contribution in [0.15, 0.2) is 48.5 Å². The van der Waals surface area contributed by atoms with Gasteiger partial charge in [0.15, 0.2) is 12.3 Å². The predicted octanol–water partition coefficient (Wildman–Crippen LogP) is 1.60. The molecule has 2 aromatic rings. The van der Waals surface area contributed by atoms with E-state index in [1.54, 1.807) is 0 Å². The van der Waals surface area contributed by atoms with E-state index >= 15 is 0 Å². The van der Waals surface area contributed by atoms with Gasteiger partial charge >= 0.3 is 0 Å². The van der Waals surface area contributed by atoms with Crippen LogP contribution in [0.5, 0.6) is 0 Å². The van der Waals surface area contributed by atoms with Crippen LogP contribution in [0.3, 0.4) is 0 Å². The third kappa shape index (κ3) is 2.69. The Morgan fingerprint density at radius 1 is 0.905 bits per heavy atom. The van der Waals surface area contributed by atoms with Crippen molar-refractivity contribution in [2.24, 2.45) is 0 Å². The summed E-state index contributed by atoms with van der Waals surface area (Å²) in [4.78, 5) is 0. The molecule has 21 heavy (non-hydrogen) atoms. The molecule has 0 spiro atoms. The topological polar surface area (TPSA) is 3.01 Å². The van der Waals surface area contributed by atoms with Crippen molar-refractivity contribution in [3.8, 4) is 0 Å². The van der Waals surface area contributed by atoms with Gasteiger partial charge in [0.25, 0.3) is 0 Å². The van der Waals surface area contributed by atoms with Crippen molar-refractivity contribution < 1.29 is 21.6 Å². The minimum atomic E-state index is 0. The lowest BCUT2D eigenvalue weighted by atomic mass is 9.82. The molecular formula is C19H22BrN. The van der Waals surface area contributed by atoms with Crippen molar-refractivity contribution in [2.45, 2.75) is 39.7 Å². The van der Waals surface area contributed by atoms with E-state index in [-0.39, 0.29) is 22.4 Å². The molecule has 1 aliphatic heterocycles. The lowest BCUT2D eigenvalue weighted by molar-refractivity contribution is -0.456. The molecule has 0 saturated carbocycles. The van der Waals surface area contributed by atoms with Gasteiger partial charge in [-0.05, 0) is 20.8 Å². The van der Waals surface area contributed by atoms with Crippen molar-refractivity contribution in [1.29, 1.82) is 0 Å². The highest BCUT2D eigenvalue weighted by atomic mass is 79.9. The molecule has 1 heterocycles. The average molecular weight is 344 g/mol. The summed E-state index contributed by atoms with van der Waals surface area (Å²) in [5.41, 5.74) is 7.03. The molecule has 0 saturated heterocycles. The number of rotatable bonds is 2. The van der Waals surface area contributed by atoms with Crippen molar-refractivity contribution in [3.05, 3.63) is 65.2 Å². The smallest absolute Gasteiger partial charge is 0.209 e. The Balaban J connectivity index is 0.00000161. The lowest BCUT2D eigenvalue weighted by Crippen LogP contribution is -3.00. The molecule has 110 valence electrons. The summed E-state index contributed by atoms with van der Waals surface area (Å²) in [5.74, 6) is 0. The molecule has 2 aromatic carbocycles. The molecule has 0 atom stereocenters. The number of para-hydroxylation sites is 1. The maximum atomic E-state index is 2.46. The maximum Gasteiger partial charge on any atom is 0.209 e. The number of hydrogen-bond acceptors (Lipinski definition) is 0. The van der Waals surface area contributed by atoms with Crippen molar-refractivity contribution in [1.82, 2.24) is 0 Å². The summed E-state index contributed by atoms with van der Waals surface area (Å²) in [7, 11) is 0. The summed E-state index contributed by atoms with van der Waals surface area (Å²) in [5, 5.41) is 0. The highest BCUT2D eigenvalue weighted by molar-refractivity contribution is 5.93. The molecule has 0 unspecified atom stereocenters. The summed E-state index contributed by atoms with van der Waals surface area (Å²) in [6.45, 7) is 9.97. The van der Waals surface area contributed by atoms with Crippen LogP contribution in [0.4, 0.5) is 5.69 Å².